The van der Waals surface area contributed by atoms with Crippen molar-refractivity contribution in [1.82, 2.24) is 16.0 Å². The molecule has 0 aromatic heterocycles. The third kappa shape index (κ3) is 6.37. The van der Waals surface area contributed by atoms with Crippen molar-refractivity contribution in [2.45, 2.75) is 88.1 Å². The zero-order valence-electron chi connectivity index (χ0n) is 19.1. The molecule has 33 heavy (non-hydrogen) atoms. The van der Waals surface area contributed by atoms with Crippen molar-refractivity contribution in [3.63, 3.8) is 0 Å². The maximum Gasteiger partial charge on any atom is 0.315 e. The van der Waals surface area contributed by atoms with Crippen LogP contribution in [0.25, 0.3) is 0 Å². The monoisotopic (exact) mass is 461 g/mol. The first-order chi connectivity index (χ1) is 16.0. The second-order valence-electron chi connectivity index (χ2n) is 9.18. The SMILES string of the molecule is COc1ccc(CNC(=O)C[C@@H]2C[C@H]3O[C@H](CNC(=O)NC4CCCCC4)[C@@H](O)[C@H]3O2)cc1. The van der Waals surface area contributed by atoms with Gasteiger partial charge in [-0.2, -0.15) is 0 Å². The van der Waals surface area contributed by atoms with Gasteiger partial charge in [-0.1, -0.05) is 31.4 Å². The molecule has 2 aliphatic heterocycles. The maximum atomic E-state index is 12.3. The first-order valence-electron chi connectivity index (χ1n) is 11.9. The summed E-state index contributed by atoms with van der Waals surface area (Å²) in [6.07, 6.45) is 3.93. The molecule has 0 spiro atoms. The fourth-order valence-electron chi connectivity index (χ4n) is 4.91. The lowest BCUT2D eigenvalue weighted by molar-refractivity contribution is -0.124. The number of ether oxygens (including phenoxy) is 3. The Labute approximate surface area is 194 Å². The van der Waals surface area contributed by atoms with Crippen molar-refractivity contribution in [1.29, 1.82) is 0 Å². The highest BCUT2D eigenvalue weighted by Crippen LogP contribution is 2.35. The third-order valence-electron chi connectivity index (χ3n) is 6.74. The van der Waals surface area contributed by atoms with Crippen molar-refractivity contribution in [3.05, 3.63) is 29.8 Å². The zero-order chi connectivity index (χ0) is 23.2. The van der Waals surface area contributed by atoms with E-state index in [0.29, 0.717) is 13.0 Å². The lowest BCUT2D eigenvalue weighted by Crippen LogP contribution is -2.47. The minimum atomic E-state index is -0.836. The summed E-state index contributed by atoms with van der Waals surface area (Å²) in [5, 5.41) is 19.3. The molecule has 1 aliphatic carbocycles. The van der Waals surface area contributed by atoms with Gasteiger partial charge in [0.05, 0.1) is 25.7 Å². The average Bonchev–Trinajstić information content (AvgIpc) is 3.35. The number of rotatable bonds is 8. The van der Waals surface area contributed by atoms with Crippen molar-refractivity contribution in [2.75, 3.05) is 13.7 Å². The van der Waals surface area contributed by atoms with E-state index >= 15 is 0 Å². The van der Waals surface area contributed by atoms with Crippen molar-refractivity contribution in [3.8, 4) is 5.75 Å². The standard InChI is InChI=1S/C24H35N3O6/c1-31-17-9-7-15(8-10-17)13-25-21(28)12-18-11-19-23(32-18)22(29)20(33-19)14-26-24(30)27-16-5-3-2-4-6-16/h7-10,16,18-20,22-23,29H,2-6,11-14H2,1H3,(H,25,28)(H2,26,27,30)/t18-,19+,20+,22+,23-/m0/s1. The highest BCUT2D eigenvalue weighted by Gasteiger charge is 2.50. The van der Waals surface area contributed by atoms with Gasteiger partial charge in [-0.15, -0.1) is 0 Å². The molecular weight excluding hydrogens is 426 g/mol. The minimum absolute atomic E-state index is 0.108. The largest absolute Gasteiger partial charge is 0.497 e. The molecule has 2 heterocycles. The number of urea groups is 1. The molecule has 0 radical (unpaired) electrons. The summed E-state index contributed by atoms with van der Waals surface area (Å²) in [5.41, 5.74) is 0.981. The molecule has 1 aromatic carbocycles. The molecule has 2 saturated heterocycles. The Balaban J connectivity index is 1.15. The summed E-state index contributed by atoms with van der Waals surface area (Å²) < 4.78 is 17.0. The highest BCUT2D eigenvalue weighted by molar-refractivity contribution is 5.76. The second-order valence-corrected chi connectivity index (χ2v) is 9.18. The molecule has 3 aliphatic rings. The Morgan fingerprint density at radius 2 is 1.85 bits per heavy atom. The first kappa shape index (κ1) is 23.8. The van der Waals surface area contributed by atoms with E-state index in [0.717, 1.165) is 37.0 Å². The number of fused-ring (bicyclic) bond motifs is 1. The van der Waals surface area contributed by atoms with Gasteiger partial charge in [0.1, 0.15) is 24.1 Å². The van der Waals surface area contributed by atoms with E-state index in [2.05, 4.69) is 16.0 Å². The number of nitrogens with one attached hydrogen (secondary N) is 3. The highest BCUT2D eigenvalue weighted by atomic mass is 16.6. The van der Waals surface area contributed by atoms with Gasteiger partial charge >= 0.3 is 6.03 Å². The van der Waals surface area contributed by atoms with Crippen LogP contribution in [0, 0.1) is 0 Å². The Morgan fingerprint density at radius 1 is 1.09 bits per heavy atom. The Morgan fingerprint density at radius 3 is 2.55 bits per heavy atom. The van der Waals surface area contributed by atoms with Gasteiger partial charge in [0, 0.05) is 25.6 Å². The van der Waals surface area contributed by atoms with Gasteiger partial charge in [-0.05, 0) is 30.5 Å². The number of aliphatic hydroxyl groups is 1. The number of amides is 3. The number of carbonyl (C=O) groups excluding carboxylic acids is 2. The summed E-state index contributed by atoms with van der Waals surface area (Å²) in [6.45, 7) is 0.654. The summed E-state index contributed by atoms with van der Waals surface area (Å²) in [4.78, 5) is 24.5. The van der Waals surface area contributed by atoms with Crippen LogP contribution in [0.4, 0.5) is 4.79 Å². The molecule has 4 rings (SSSR count). The van der Waals surface area contributed by atoms with Crippen LogP contribution >= 0.6 is 0 Å². The van der Waals surface area contributed by atoms with E-state index in [9.17, 15) is 14.7 Å². The topological polar surface area (TPSA) is 118 Å². The van der Waals surface area contributed by atoms with Gasteiger partial charge in [0.25, 0.3) is 0 Å². The molecule has 0 unspecified atom stereocenters. The van der Waals surface area contributed by atoms with E-state index in [1.807, 2.05) is 24.3 Å². The van der Waals surface area contributed by atoms with Crippen LogP contribution in [-0.4, -0.2) is 67.3 Å². The van der Waals surface area contributed by atoms with E-state index in [-0.39, 0.29) is 43.2 Å². The summed E-state index contributed by atoms with van der Waals surface area (Å²) in [5.74, 6) is 0.663. The predicted molar refractivity (Wildman–Crippen MR) is 121 cm³/mol. The van der Waals surface area contributed by atoms with Crippen LogP contribution in [0.2, 0.25) is 0 Å². The van der Waals surface area contributed by atoms with Crippen molar-refractivity contribution >= 4 is 11.9 Å². The Bertz CT molecular complexity index is 798. The number of aliphatic hydroxyl groups excluding tert-OH is 1. The minimum Gasteiger partial charge on any atom is -0.497 e. The summed E-state index contributed by atoms with van der Waals surface area (Å²) in [6, 6.07) is 7.53. The average molecular weight is 462 g/mol. The van der Waals surface area contributed by atoms with Crippen LogP contribution in [0.15, 0.2) is 24.3 Å². The molecule has 3 amide bonds. The van der Waals surface area contributed by atoms with Crippen LogP contribution < -0.4 is 20.7 Å². The molecule has 1 aromatic rings. The number of carbonyl (C=O) groups is 2. The molecule has 1 saturated carbocycles. The van der Waals surface area contributed by atoms with E-state index < -0.39 is 18.3 Å². The predicted octanol–water partition coefficient (Wildman–Crippen LogP) is 1.62. The van der Waals surface area contributed by atoms with Crippen molar-refractivity contribution in [2.24, 2.45) is 0 Å². The molecule has 9 nitrogen and oxygen atoms in total. The quantitative estimate of drug-likeness (QED) is 0.467. The van der Waals surface area contributed by atoms with Gasteiger partial charge < -0.3 is 35.3 Å². The van der Waals surface area contributed by atoms with Crippen LogP contribution in [0.5, 0.6) is 5.75 Å². The molecular formula is C24H35N3O6. The molecule has 4 N–H and O–H groups in total. The van der Waals surface area contributed by atoms with E-state index in [4.69, 9.17) is 14.2 Å². The summed E-state index contributed by atoms with van der Waals surface area (Å²) >= 11 is 0. The fourth-order valence-corrected chi connectivity index (χ4v) is 4.91. The maximum absolute atomic E-state index is 12.3. The second kappa shape index (κ2) is 11.2. The third-order valence-corrected chi connectivity index (χ3v) is 6.74. The lowest BCUT2D eigenvalue weighted by Gasteiger charge is -2.24. The molecule has 3 fully saturated rings. The van der Waals surface area contributed by atoms with Gasteiger partial charge in [-0.3, -0.25) is 4.79 Å². The number of methoxy groups -OCH3 is 1. The van der Waals surface area contributed by atoms with Gasteiger partial charge in [0.15, 0.2) is 0 Å². The molecule has 9 heteroatoms. The number of hydrogen-bond acceptors (Lipinski definition) is 6. The smallest absolute Gasteiger partial charge is 0.315 e. The molecule has 182 valence electrons. The van der Waals surface area contributed by atoms with Crippen LogP contribution in [-0.2, 0) is 20.8 Å². The van der Waals surface area contributed by atoms with E-state index in [1.54, 1.807) is 7.11 Å². The number of hydrogen-bond donors (Lipinski definition) is 4. The van der Waals surface area contributed by atoms with E-state index in [1.165, 1.54) is 6.42 Å². The lowest BCUT2D eigenvalue weighted by atomic mass is 9.96. The first-order valence-corrected chi connectivity index (χ1v) is 11.9. The van der Waals surface area contributed by atoms with Crippen LogP contribution in [0.1, 0.15) is 50.5 Å². The Kier molecular flexibility index (Phi) is 8.06. The van der Waals surface area contributed by atoms with Crippen molar-refractivity contribution < 1.29 is 28.9 Å². The zero-order valence-corrected chi connectivity index (χ0v) is 19.1. The molecule has 0 bridgehead atoms. The Hall–Kier alpha value is -2.36. The summed E-state index contributed by atoms with van der Waals surface area (Å²) in [7, 11) is 1.61. The van der Waals surface area contributed by atoms with Gasteiger partial charge in [0.2, 0.25) is 5.91 Å². The van der Waals surface area contributed by atoms with Gasteiger partial charge in [-0.25, -0.2) is 4.79 Å². The number of benzene rings is 1. The van der Waals surface area contributed by atoms with Crippen LogP contribution in [0.3, 0.4) is 0 Å². The normalized spacial score (nSPS) is 29.3. The fraction of sp³-hybridized carbons (Fsp3) is 0.667. The molecule has 5 atom stereocenters.